The molecule has 1 aromatic rings. The molecule has 4 heteroatoms. The van der Waals surface area contributed by atoms with Gasteiger partial charge >= 0.3 is 0 Å². The van der Waals surface area contributed by atoms with Crippen LogP contribution in [0, 0.1) is 0 Å². The maximum Gasteiger partial charge on any atom is 0.234 e. The fourth-order valence-electron chi connectivity index (χ4n) is 2.19. The molecule has 0 unspecified atom stereocenters. The average molecular weight is 217 g/mol. The molecule has 0 N–H and O–H groups in total. The summed E-state index contributed by atoms with van der Waals surface area (Å²) in [6, 6.07) is 0. The van der Waals surface area contributed by atoms with Gasteiger partial charge in [0, 0.05) is 5.41 Å². The fraction of sp³-hybridized carbons (Fsp3) is 0.778. The molecule has 72 valence electrons. The number of aromatic nitrogens is 2. The van der Waals surface area contributed by atoms with Crippen LogP contribution in [0.5, 0.6) is 0 Å². The molecule has 13 heavy (non-hydrogen) atoms. The van der Waals surface area contributed by atoms with Gasteiger partial charge in [0.2, 0.25) is 5.28 Å². The Kier molecular flexibility index (Phi) is 2.56. The summed E-state index contributed by atoms with van der Waals surface area (Å²) in [5, 5.41) is 1.57. The predicted octanol–water partition coefficient (Wildman–Crippen LogP) is 3.41. The summed E-state index contributed by atoms with van der Waals surface area (Å²) in [7, 11) is 0. The zero-order valence-corrected chi connectivity index (χ0v) is 9.29. The van der Waals surface area contributed by atoms with E-state index in [2.05, 4.69) is 16.3 Å². The SMILES string of the molecule is CCC1(c2nc(Cl)ns2)CCCC1. The summed E-state index contributed by atoms with van der Waals surface area (Å²) in [5.41, 5.74) is 0.310. The Morgan fingerprint density at radius 3 is 2.62 bits per heavy atom. The summed E-state index contributed by atoms with van der Waals surface area (Å²) in [6.07, 6.45) is 6.33. The van der Waals surface area contributed by atoms with E-state index < -0.39 is 0 Å². The van der Waals surface area contributed by atoms with Crippen molar-refractivity contribution in [2.75, 3.05) is 0 Å². The van der Waals surface area contributed by atoms with Gasteiger partial charge in [-0.15, -0.1) is 0 Å². The number of hydrogen-bond donors (Lipinski definition) is 0. The van der Waals surface area contributed by atoms with E-state index in [1.807, 2.05) is 0 Å². The van der Waals surface area contributed by atoms with Crippen LogP contribution in [-0.4, -0.2) is 9.36 Å². The third kappa shape index (κ3) is 1.59. The zero-order valence-electron chi connectivity index (χ0n) is 7.72. The molecular formula is C9H13ClN2S. The smallest absolute Gasteiger partial charge is 0.209 e. The number of rotatable bonds is 2. The van der Waals surface area contributed by atoms with E-state index in [1.165, 1.54) is 43.6 Å². The maximum absolute atomic E-state index is 5.75. The van der Waals surface area contributed by atoms with Crippen molar-refractivity contribution >= 4 is 23.1 Å². The van der Waals surface area contributed by atoms with Gasteiger partial charge in [-0.2, -0.15) is 4.37 Å². The van der Waals surface area contributed by atoms with E-state index in [0.717, 1.165) is 5.01 Å². The molecule has 0 bridgehead atoms. The normalized spacial score (nSPS) is 20.8. The molecule has 0 amide bonds. The minimum absolute atomic E-state index is 0.310. The topological polar surface area (TPSA) is 25.8 Å². The highest BCUT2D eigenvalue weighted by Gasteiger charge is 2.36. The van der Waals surface area contributed by atoms with Gasteiger partial charge in [-0.3, -0.25) is 0 Å². The second kappa shape index (κ2) is 3.54. The Morgan fingerprint density at radius 2 is 2.15 bits per heavy atom. The summed E-state index contributed by atoms with van der Waals surface area (Å²) in [6.45, 7) is 2.24. The minimum atomic E-state index is 0.310. The van der Waals surface area contributed by atoms with Crippen LogP contribution >= 0.6 is 23.1 Å². The second-order valence-corrected chi connectivity index (χ2v) is 4.80. The van der Waals surface area contributed by atoms with Gasteiger partial charge in [-0.1, -0.05) is 19.8 Å². The van der Waals surface area contributed by atoms with Crippen LogP contribution < -0.4 is 0 Å². The molecule has 0 atom stereocenters. The van der Waals surface area contributed by atoms with Crippen molar-refractivity contribution < 1.29 is 0 Å². The molecule has 1 aliphatic carbocycles. The second-order valence-electron chi connectivity index (χ2n) is 3.71. The van der Waals surface area contributed by atoms with Gasteiger partial charge in [0.1, 0.15) is 5.01 Å². The van der Waals surface area contributed by atoms with E-state index in [-0.39, 0.29) is 0 Å². The van der Waals surface area contributed by atoms with Crippen molar-refractivity contribution in [3.63, 3.8) is 0 Å². The van der Waals surface area contributed by atoms with Crippen molar-refractivity contribution in [2.45, 2.75) is 44.4 Å². The third-order valence-corrected chi connectivity index (χ3v) is 4.32. The first-order valence-corrected chi connectivity index (χ1v) is 5.92. The molecule has 0 spiro atoms. The lowest BCUT2D eigenvalue weighted by molar-refractivity contribution is 0.423. The van der Waals surface area contributed by atoms with Gasteiger partial charge in [0.05, 0.1) is 0 Å². The van der Waals surface area contributed by atoms with Crippen LogP contribution in [0.1, 0.15) is 44.0 Å². The predicted molar refractivity (Wildman–Crippen MR) is 55.4 cm³/mol. The molecule has 1 aromatic heterocycles. The van der Waals surface area contributed by atoms with Gasteiger partial charge in [0.25, 0.3) is 0 Å². The van der Waals surface area contributed by atoms with Crippen LogP contribution in [-0.2, 0) is 5.41 Å². The van der Waals surface area contributed by atoms with E-state index in [0.29, 0.717) is 10.7 Å². The highest BCUT2D eigenvalue weighted by Crippen LogP contribution is 2.44. The van der Waals surface area contributed by atoms with E-state index in [1.54, 1.807) is 0 Å². The lowest BCUT2D eigenvalue weighted by Gasteiger charge is -2.23. The van der Waals surface area contributed by atoms with Crippen LogP contribution in [0.2, 0.25) is 5.28 Å². The van der Waals surface area contributed by atoms with Crippen molar-refractivity contribution in [1.29, 1.82) is 0 Å². The molecule has 2 rings (SSSR count). The average Bonchev–Trinajstić information content (AvgIpc) is 2.73. The Bertz CT molecular complexity index is 292. The fourth-order valence-corrected chi connectivity index (χ4v) is 3.30. The molecule has 1 heterocycles. The first-order chi connectivity index (χ1) is 6.27. The standard InChI is InChI=1S/C9H13ClN2S/c1-2-9(5-3-4-6-9)7-11-8(10)12-13-7/h2-6H2,1H3. The first-order valence-electron chi connectivity index (χ1n) is 4.76. The maximum atomic E-state index is 5.75. The highest BCUT2D eigenvalue weighted by atomic mass is 35.5. The highest BCUT2D eigenvalue weighted by molar-refractivity contribution is 7.05. The van der Waals surface area contributed by atoms with Gasteiger partial charge < -0.3 is 0 Å². The number of nitrogens with zero attached hydrogens (tertiary/aromatic N) is 2. The van der Waals surface area contributed by atoms with Crippen LogP contribution in [0.15, 0.2) is 0 Å². The minimum Gasteiger partial charge on any atom is -0.209 e. The quantitative estimate of drug-likeness (QED) is 0.757. The zero-order chi connectivity index (χ0) is 9.31. The molecule has 1 fully saturated rings. The number of halogens is 1. The first kappa shape index (κ1) is 9.41. The van der Waals surface area contributed by atoms with Gasteiger partial charge in [-0.05, 0) is 42.4 Å². The van der Waals surface area contributed by atoms with Crippen LogP contribution in [0.3, 0.4) is 0 Å². The van der Waals surface area contributed by atoms with E-state index in [4.69, 9.17) is 11.6 Å². The molecule has 2 nitrogen and oxygen atoms in total. The third-order valence-electron chi connectivity index (χ3n) is 3.09. The Labute approximate surface area is 87.5 Å². The molecule has 0 saturated heterocycles. The Hall–Kier alpha value is -0.150. The van der Waals surface area contributed by atoms with Crippen molar-refractivity contribution in [3.05, 3.63) is 10.3 Å². The lowest BCUT2D eigenvalue weighted by Crippen LogP contribution is -2.20. The summed E-state index contributed by atoms with van der Waals surface area (Å²) in [5.74, 6) is 0. The Balaban J connectivity index is 2.30. The summed E-state index contributed by atoms with van der Waals surface area (Å²) in [4.78, 5) is 4.31. The molecular weight excluding hydrogens is 204 g/mol. The summed E-state index contributed by atoms with van der Waals surface area (Å²) >= 11 is 7.22. The molecule has 0 aromatic carbocycles. The van der Waals surface area contributed by atoms with Crippen LogP contribution in [0.25, 0.3) is 0 Å². The van der Waals surface area contributed by atoms with E-state index in [9.17, 15) is 0 Å². The summed E-state index contributed by atoms with van der Waals surface area (Å²) < 4.78 is 4.05. The van der Waals surface area contributed by atoms with Crippen molar-refractivity contribution in [2.24, 2.45) is 0 Å². The largest absolute Gasteiger partial charge is 0.234 e. The number of hydrogen-bond acceptors (Lipinski definition) is 3. The Morgan fingerprint density at radius 1 is 1.46 bits per heavy atom. The molecule has 0 radical (unpaired) electrons. The van der Waals surface area contributed by atoms with Crippen molar-refractivity contribution in [1.82, 2.24) is 9.36 Å². The van der Waals surface area contributed by atoms with Gasteiger partial charge in [0.15, 0.2) is 0 Å². The lowest BCUT2D eigenvalue weighted by atomic mass is 9.84. The monoisotopic (exact) mass is 216 g/mol. The molecule has 1 saturated carbocycles. The molecule has 1 aliphatic rings. The van der Waals surface area contributed by atoms with E-state index >= 15 is 0 Å². The molecule has 0 aliphatic heterocycles. The van der Waals surface area contributed by atoms with Crippen molar-refractivity contribution in [3.8, 4) is 0 Å². The van der Waals surface area contributed by atoms with Crippen LogP contribution in [0.4, 0.5) is 0 Å². The van der Waals surface area contributed by atoms with Gasteiger partial charge in [-0.25, -0.2) is 4.98 Å².